The van der Waals surface area contributed by atoms with E-state index < -0.39 is 0 Å². The predicted octanol–water partition coefficient (Wildman–Crippen LogP) is 3.54. The van der Waals surface area contributed by atoms with Crippen LogP contribution in [0.5, 0.6) is 0 Å². The van der Waals surface area contributed by atoms with E-state index in [0.717, 1.165) is 32.2 Å². The maximum absolute atomic E-state index is 12.4. The van der Waals surface area contributed by atoms with Crippen LogP contribution in [0.15, 0.2) is 48.5 Å². The second kappa shape index (κ2) is 8.36. The van der Waals surface area contributed by atoms with Crippen molar-refractivity contribution >= 4 is 6.03 Å². The van der Waals surface area contributed by atoms with E-state index in [9.17, 15) is 4.79 Å². The zero-order chi connectivity index (χ0) is 19.5. The number of urea groups is 1. The van der Waals surface area contributed by atoms with E-state index in [2.05, 4.69) is 78.0 Å². The molecule has 28 heavy (non-hydrogen) atoms. The number of fused-ring (bicyclic) bond motifs is 2. The Hall–Kier alpha value is -2.33. The summed E-state index contributed by atoms with van der Waals surface area (Å²) in [6.45, 7) is 3.74. The average Bonchev–Trinajstić information content (AvgIpc) is 3.08. The first-order valence-corrected chi connectivity index (χ1v) is 10.5. The van der Waals surface area contributed by atoms with Crippen LogP contribution in [-0.4, -0.2) is 36.6 Å². The van der Waals surface area contributed by atoms with Crippen LogP contribution in [0.1, 0.15) is 35.6 Å². The molecule has 2 amide bonds. The summed E-state index contributed by atoms with van der Waals surface area (Å²) in [5.41, 5.74) is 5.76. The van der Waals surface area contributed by atoms with Crippen molar-refractivity contribution in [3.63, 3.8) is 0 Å². The fourth-order valence-electron chi connectivity index (χ4n) is 4.81. The zero-order valence-corrected chi connectivity index (χ0v) is 16.9. The molecule has 0 fully saturated rings. The Bertz CT molecular complexity index is 809. The topological polar surface area (TPSA) is 44.4 Å². The molecule has 0 spiro atoms. The number of benzene rings is 2. The largest absolute Gasteiger partial charge is 0.337 e. The lowest BCUT2D eigenvalue weighted by Gasteiger charge is -2.34. The first kappa shape index (κ1) is 19.0. The van der Waals surface area contributed by atoms with Gasteiger partial charge in [-0.2, -0.15) is 0 Å². The molecule has 2 aliphatic rings. The van der Waals surface area contributed by atoms with E-state index in [4.69, 9.17) is 0 Å². The maximum Gasteiger partial charge on any atom is 0.315 e. The Balaban J connectivity index is 1.22. The van der Waals surface area contributed by atoms with Crippen LogP contribution in [-0.2, 0) is 25.8 Å². The molecule has 2 aromatic carbocycles. The molecule has 1 aliphatic heterocycles. The van der Waals surface area contributed by atoms with Crippen molar-refractivity contribution in [2.24, 2.45) is 5.92 Å². The van der Waals surface area contributed by atoms with Gasteiger partial charge in [-0.25, -0.2) is 4.79 Å². The predicted molar refractivity (Wildman–Crippen MR) is 113 cm³/mol. The molecule has 4 rings (SSSR count). The van der Waals surface area contributed by atoms with Crippen LogP contribution in [0.3, 0.4) is 0 Å². The summed E-state index contributed by atoms with van der Waals surface area (Å²) >= 11 is 0. The third-order valence-electron chi connectivity index (χ3n) is 6.32. The van der Waals surface area contributed by atoms with Gasteiger partial charge in [0.1, 0.15) is 0 Å². The molecule has 0 radical (unpaired) electrons. The minimum Gasteiger partial charge on any atom is -0.337 e. The van der Waals surface area contributed by atoms with Gasteiger partial charge in [0.15, 0.2) is 0 Å². The Morgan fingerprint density at radius 3 is 2.21 bits per heavy atom. The van der Waals surface area contributed by atoms with E-state index in [1.54, 1.807) is 0 Å². The highest BCUT2D eigenvalue weighted by molar-refractivity contribution is 5.74. The molecule has 1 aliphatic carbocycles. The van der Waals surface area contributed by atoms with E-state index >= 15 is 0 Å². The van der Waals surface area contributed by atoms with Crippen LogP contribution < -0.4 is 10.6 Å². The van der Waals surface area contributed by atoms with Gasteiger partial charge in [-0.05, 0) is 67.8 Å². The van der Waals surface area contributed by atoms with Gasteiger partial charge < -0.3 is 10.6 Å². The molecule has 2 atom stereocenters. The zero-order valence-electron chi connectivity index (χ0n) is 16.9. The molecule has 2 N–H and O–H groups in total. The van der Waals surface area contributed by atoms with Crippen LogP contribution in [0.4, 0.5) is 4.79 Å². The third-order valence-corrected chi connectivity index (χ3v) is 6.32. The van der Waals surface area contributed by atoms with Gasteiger partial charge in [0.2, 0.25) is 0 Å². The van der Waals surface area contributed by atoms with Gasteiger partial charge in [-0.1, -0.05) is 48.5 Å². The number of hydrogen-bond donors (Lipinski definition) is 2. The Kier molecular flexibility index (Phi) is 5.67. The van der Waals surface area contributed by atoms with Crippen molar-refractivity contribution < 1.29 is 4.79 Å². The summed E-state index contributed by atoms with van der Waals surface area (Å²) in [5.74, 6) is 0.633. The minimum absolute atomic E-state index is 0.0460. The first-order valence-electron chi connectivity index (χ1n) is 10.5. The van der Waals surface area contributed by atoms with Gasteiger partial charge >= 0.3 is 6.03 Å². The molecule has 0 saturated carbocycles. The van der Waals surface area contributed by atoms with Crippen molar-refractivity contribution in [1.29, 1.82) is 0 Å². The third kappa shape index (κ3) is 4.39. The van der Waals surface area contributed by atoms with Crippen molar-refractivity contribution in [2.45, 2.75) is 51.2 Å². The van der Waals surface area contributed by atoms with Gasteiger partial charge in [-0.3, -0.25) is 4.90 Å². The van der Waals surface area contributed by atoms with Crippen LogP contribution in [0, 0.1) is 5.92 Å². The quantitative estimate of drug-likeness (QED) is 0.837. The number of nitrogens with zero attached hydrogens (tertiary/aromatic N) is 1. The number of amides is 2. The van der Waals surface area contributed by atoms with Crippen molar-refractivity contribution in [3.8, 4) is 0 Å². The van der Waals surface area contributed by atoms with E-state index in [0.29, 0.717) is 18.5 Å². The number of carbonyl (C=O) groups excluding carboxylic acids is 1. The highest BCUT2D eigenvalue weighted by Gasteiger charge is 2.25. The SMILES string of the molecule is CC(CC1Cc2ccccc2C1)NC(=O)NCC1Cc2ccccc2CN1C. The number of hydrogen-bond acceptors (Lipinski definition) is 2. The van der Waals surface area contributed by atoms with Crippen LogP contribution in [0.2, 0.25) is 0 Å². The summed E-state index contributed by atoms with van der Waals surface area (Å²) < 4.78 is 0. The van der Waals surface area contributed by atoms with Gasteiger partial charge in [0.25, 0.3) is 0 Å². The molecule has 0 saturated heterocycles. The average molecular weight is 378 g/mol. The number of likely N-dealkylation sites (N-methyl/N-ethyl adjacent to an activating group) is 1. The summed E-state index contributed by atoms with van der Waals surface area (Å²) in [4.78, 5) is 14.7. The molecule has 0 aromatic heterocycles. The highest BCUT2D eigenvalue weighted by atomic mass is 16.2. The lowest BCUT2D eigenvalue weighted by molar-refractivity contribution is 0.202. The fraction of sp³-hybridized carbons (Fsp3) is 0.458. The van der Waals surface area contributed by atoms with E-state index in [1.165, 1.54) is 22.3 Å². The lowest BCUT2D eigenvalue weighted by Crippen LogP contribution is -2.49. The molecule has 148 valence electrons. The number of nitrogens with one attached hydrogen (secondary N) is 2. The fourth-order valence-corrected chi connectivity index (χ4v) is 4.81. The molecular weight excluding hydrogens is 346 g/mol. The first-order chi connectivity index (χ1) is 13.6. The molecule has 2 unspecified atom stereocenters. The van der Waals surface area contributed by atoms with E-state index in [-0.39, 0.29) is 12.1 Å². The van der Waals surface area contributed by atoms with Gasteiger partial charge in [0, 0.05) is 25.2 Å². The number of rotatable bonds is 5. The Morgan fingerprint density at radius 1 is 1.00 bits per heavy atom. The van der Waals surface area contributed by atoms with Crippen molar-refractivity contribution in [2.75, 3.05) is 13.6 Å². The summed E-state index contributed by atoms with van der Waals surface area (Å²) in [6, 6.07) is 17.8. The smallest absolute Gasteiger partial charge is 0.315 e. The van der Waals surface area contributed by atoms with Crippen LogP contribution in [0.25, 0.3) is 0 Å². The number of carbonyl (C=O) groups is 1. The molecule has 4 nitrogen and oxygen atoms in total. The standard InChI is InChI=1S/C24H31N3O/c1-17(11-18-12-19-7-3-4-8-20(19)13-18)26-24(28)25-15-23-14-21-9-5-6-10-22(21)16-27(23)2/h3-10,17-18,23H,11-16H2,1-2H3,(H2,25,26,28). The van der Waals surface area contributed by atoms with E-state index in [1.807, 2.05) is 0 Å². The second-order valence-corrected chi connectivity index (χ2v) is 8.58. The second-order valence-electron chi connectivity index (χ2n) is 8.58. The Labute approximate surface area is 168 Å². The maximum atomic E-state index is 12.4. The summed E-state index contributed by atoms with van der Waals surface area (Å²) in [7, 11) is 2.14. The van der Waals surface area contributed by atoms with Crippen LogP contribution >= 0.6 is 0 Å². The molecule has 2 aromatic rings. The summed E-state index contributed by atoms with van der Waals surface area (Å²) in [6.07, 6.45) is 4.29. The Morgan fingerprint density at radius 2 is 1.57 bits per heavy atom. The minimum atomic E-state index is -0.0460. The molecule has 1 heterocycles. The van der Waals surface area contributed by atoms with Crippen molar-refractivity contribution in [1.82, 2.24) is 15.5 Å². The monoisotopic (exact) mass is 377 g/mol. The normalized spacial score (nSPS) is 20.3. The summed E-state index contributed by atoms with van der Waals surface area (Å²) in [5, 5.41) is 6.23. The van der Waals surface area contributed by atoms with Gasteiger partial charge in [0.05, 0.1) is 0 Å². The molecule has 0 bridgehead atoms. The van der Waals surface area contributed by atoms with Crippen molar-refractivity contribution in [3.05, 3.63) is 70.8 Å². The highest BCUT2D eigenvalue weighted by Crippen LogP contribution is 2.29. The lowest BCUT2D eigenvalue weighted by atomic mass is 9.94. The van der Waals surface area contributed by atoms with Gasteiger partial charge in [-0.15, -0.1) is 0 Å². The molecular formula is C24H31N3O. The molecule has 4 heteroatoms.